The van der Waals surface area contributed by atoms with Crippen LogP contribution in [0, 0.1) is 0 Å². The number of rotatable bonds is 56. The Morgan fingerprint density at radius 3 is 1.07 bits per heavy atom. The third-order valence-corrected chi connectivity index (χ3v) is 14.0. The summed E-state index contributed by atoms with van der Waals surface area (Å²) in [4.78, 5) is 48.5. The van der Waals surface area contributed by atoms with E-state index in [0.29, 0.717) is 19.3 Å². The second-order valence-electron chi connectivity index (χ2n) is 20.2. The number of ether oxygens (including phenoxy) is 3. The van der Waals surface area contributed by atoms with E-state index in [1.165, 1.54) is 141 Å². The summed E-state index contributed by atoms with van der Waals surface area (Å²) in [5, 5.41) is 9.78. The van der Waals surface area contributed by atoms with E-state index in [9.17, 15) is 28.9 Å². The minimum absolute atomic E-state index is 0.157. The fourth-order valence-electron chi connectivity index (χ4n) is 8.48. The van der Waals surface area contributed by atoms with E-state index >= 15 is 0 Å². The van der Waals surface area contributed by atoms with Crippen LogP contribution >= 0.6 is 7.82 Å². The summed E-state index contributed by atoms with van der Waals surface area (Å²) in [7, 11) is -4.74. The molecule has 3 unspecified atom stereocenters. The lowest BCUT2D eigenvalue weighted by Crippen LogP contribution is -2.30. The van der Waals surface area contributed by atoms with Crippen molar-refractivity contribution in [2.24, 2.45) is 0 Å². The topological polar surface area (TPSA) is 155 Å². The van der Waals surface area contributed by atoms with Crippen LogP contribution in [0.25, 0.3) is 0 Å². The third-order valence-electron chi connectivity index (χ3n) is 13.1. The van der Waals surface area contributed by atoms with Gasteiger partial charge in [-0.25, -0.2) is 4.57 Å². The number of aliphatic hydroxyl groups excluding tert-OH is 1. The number of carbonyl (C=O) groups excluding carboxylic acids is 3. The Hall–Kier alpha value is -2.30. The highest BCUT2D eigenvalue weighted by atomic mass is 31.2. The van der Waals surface area contributed by atoms with E-state index < -0.39 is 57.8 Å². The van der Waals surface area contributed by atoms with Gasteiger partial charge in [-0.2, -0.15) is 0 Å². The van der Waals surface area contributed by atoms with Gasteiger partial charge in [0.05, 0.1) is 19.8 Å². The van der Waals surface area contributed by atoms with Crippen LogP contribution < -0.4 is 0 Å². The van der Waals surface area contributed by atoms with Gasteiger partial charge in [0.15, 0.2) is 6.10 Å². The fraction of sp³-hybridized carbons (Fsp3) is 0.850. The second-order valence-corrected chi connectivity index (χ2v) is 21.6. The number of unbranched alkanes of at least 4 members (excludes halogenated alkanes) is 33. The van der Waals surface area contributed by atoms with Crippen LogP contribution in [-0.2, 0) is 42.2 Å². The molecule has 0 aromatic rings. The van der Waals surface area contributed by atoms with Gasteiger partial charge in [0.2, 0.25) is 0 Å². The van der Waals surface area contributed by atoms with Crippen LogP contribution in [0.4, 0.5) is 0 Å². The van der Waals surface area contributed by atoms with Crippen molar-refractivity contribution in [2.45, 2.75) is 303 Å². The number of esters is 3. The van der Waals surface area contributed by atoms with Gasteiger partial charge in [0, 0.05) is 19.3 Å². The van der Waals surface area contributed by atoms with Gasteiger partial charge < -0.3 is 24.2 Å². The molecule has 0 saturated carbocycles. The van der Waals surface area contributed by atoms with Crippen molar-refractivity contribution in [3.8, 4) is 0 Å². The number of hydrogen-bond acceptors (Lipinski definition) is 10. The van der Waals surface area contributed by atoms with Gasteiger partial charge in [-0.3, -0.25) is 23.4 Å². The summed E-state index contributed by atoms with van der Waals surface area (Å²) in [6, 6.07) is 0. The number of allylic oxidation sites excluding steroid dienone is 6. The summed E-state index contributed by atoms with van der Waals surface area (Å²) in [5.41, 5.74) is 0. The van der Waals surface area contributed by atoms with Crippen molar-refractivity contribution in [2.75, 3.05) is 26.4 Å². The van der Waals surface area contributed by atoms with Gasteiger partial charge in [-0.1, -0.05) is 250 Å². The monoisotopic (exact) mass is 1040 g/mol. The largest absolute Gasteiger partial charge is 0.472 e. The van der Waals surface area contributed by atoms with Gasteiger partial charge in [-0.15, -0.1) is 0 Å². The number of phosphoric ester groups is 1. The minimum atomic E-state index is -4.74. The summed E-state index contributed by atoms with van der Waals surface area (Å²) < 4.78 is 39.5. The summed E-state index contributed by atoms with van der Waals surface area (Å²) >= 11 is 0. The molecule has 3 atom stereocenters. The second kappa shape index (κ2) is 54.9. The molecule has 11 nitrogen and oxygen atoms in total. The van der Waals surface area contributed by atoms with Crippen LogP contribution in [0.2, 0.25) is 0 Å². The maximum Gasteiger partial charge on any atom is 0.472 e. The summed E-state index contributed by atoms with van der Waals surface area (Å²) in [6.07, 6.45) is 56.8. The zero-order valence-electron chi connectivity index (χ0n) is 46.7. The SMILES string of the molecule is CCCCC/C=C\C/C=C\C/C=C\CCCCCCCCC(=O)OC(COC(=O)CCCCCCCCCCCCCCCCCCC)COP(=O)(O)OCC(CO)OC(=O)CCCCCCCCCCC. The van der Waals surface area contributed by atoms with Crippen molar-refractivity contribution in [1.82, 2.24) is 0 Å². The highest BCUT2D eigenvalue weighted by Gasteiger charge is 2.28. The number of hydrogen-bond donors (Lipinski definition) is 2. The first-order valence-electron chi connectivity index (χ1n) is 29.9. The zero-order valence-corrected chi connectivity index (χ0v) is 47.6. The Morgan fingerprint density at radius 2 is 0.681 bits per heavy atom. The molecule has 0 aromatic heterocycles. The average Bonchev–Trinajstić information content (AvgIpc) is 3.37. The van der Waals surface area contributed by atoms with Gasteiger partial charge in [-0.05, 0) is 57.8 Å². The number of phosphoric acid groups is 1. The van der Waals surface area contributed by atoms with Gasteiger partial charge >= 0.3 is 25.7 Å². The standard InChI is InChI=1S/C60H111O11P/c1-4-7-10-13-16-19-21-23-25-27-28-30-32-34-36-39-42-45-48-51-60(64)71-57(53-67-58(62)49-46-43-40-38-35-33-31-29-26-24-22-20-17-14-11-8-5-2)55-69-72(65,66)68-54-56(52-61)70-59(63)50-47-44-41-37-18-15-12-9-6-3/h16,19,23,25,28,30,56-57,61H,4-15,17-18,20-22,24,26-27,29,31-55H2,1-3H3,(H,65,66)/b19-16-,25-23-,30-28-. The number of aliphatic hydroxyl groups is 1. The van der Waals surface area contributed by atoms with E-state index in [1.807, 2.05) is 0 Å². The molecule has 422 valence electrons. The summed E-state index contributed by atoms with van der Waals surface area (Å²) in [5.74, 6) is -1.46. The molecular weight excluding hydrogens is 928 g/mol. The summed E-state index contributed by atoms with van der Waals surface area (Å²) in [6.45, 7) is 4.62. The van der Waals surface area contributed by atoms with E-state index in [4.69, 9.17) is 23.3 Å². The van der Waals surface area contributed by atoms with Crippen LogP contribution in [0.1, 0.15) is 290 Å². The molecule has 0 amide bonds. The molecule has 0 bridgehead atoms. The molecule has 12 heteroatoms. The molecule has 0 aromatic carbocycles. The van der Waals surface area contributed by atoms with E-state index in [-0.39, 0.29) is 25.9 Å². The molecule has 0 aliphatic heterocycles. The average molecular weight is 1040 g/mol. The predicted molar refractivity (Wildman–Crippen MR) is 298 cm³/mol. The minimum Gasteiger partial charge on any atom is -0.462 e. The Morgan fingerprint density at radius 1 is 0.389 bits per heavy atom. The zero-order chi connectivity index (χ0) is 52.7. The third kappa shape index (κ3) is 52.6. The molecule has 0 aliphatic rings. The van der Waals surface area contributed by atoms with Gasteiger partial charge in [0.1, 0.15) is 12.7 Å². The molecule has 0 rings (SSSR count). The van der Waals surface area contributed by atoms with Crippen molar-refractivity contribution in [1.29, 1.82) is 0 Å². The lowest BCUT2D eigenvalue weighted by atomic mass is 10.0. The molecule has 0 fully saturated rings. The fourth-order valence-corrected chi connectivity index (χ4v) is 9.27. The maximum atomic E-state index is 12.9. The molecule has 2 N–H and O–H groups in total. The van der Waals surface area contributed by atoms with Gasteiger partial charge in [0.25, 0.3) is 0 Å². The van der Waals surface area contributed by atoms with Crippen molar-refractivity contribution in [3.63, 3.8) is 0 Å². The van der Waals surface area contributed by atoms with E-state index in [1.54, 1.807) is 0 Å². The van der Waals surface area contributed by atoms with Crippen molar-refractivity contribution in [3.05, 3.63) is 36.5 Å². The van der Waals surface area contributed by atoms with E-state index in [2.05, 4.69) is 57.2 Å². The van der Waals surface area contributed by atoms with Crippen LogP contribution in [0.15, 0.2) is 36.5 Å². The van der Waals surface area contributed by atoms with Crippen LogP contribution in [0.5, 0.6) is 0 Å². The molecular formula is C60H111O11P. The first-order chi connectivity index (χ1) is 35.2. The quantitative estimate of drug-likeness (QED) is 0.0197. The Balaban J connectivity index is 4.69. The molecule has 0 aliphatic carbocycles. The lowest BCUT2D eigenvalue weighted by Gasteiger charge is -2.21. The van der Waals surface area contributed by atoms with Crippen LogP contribution in [-0.4, -0.2) is 66.5 Å². The van der Waals surface area contributed by atoms with Crippen molar-refractivity contribution >= 4 is 25.7 Å². The maximum absolute atomic E-state index is 12.9. The van der Waals surface area contributed by atoms with E-state index in [0.717, 1.165) is 89.9 Å². The van der Waals surface area contributed by atoms with Crippen LogP contribution in [0.3, 0.4) is 0 Å². The molecule has 0 heterocycles. The number of carbonyl (C=O) groups is 3. The Labute approximate surface area is 441 Å². The molecule has 0 spiro atoms. The Bertz CT molecular complexity index is 1350. The first-order valence-corrected chi connectivity index (χ1v) is 31.4. The Kier molecular flexibility index (Phi) is 53.2. The first kappa shape index (κ1) is 69.7. The van der Waals surface area contributed by atoms with Crippen molar-refractivity contribution < 1.29 is 52.2 Å². The molecule has 72 heavy (non-hydrogen) atoms. The highest BCUT2D eigenvalue weighted by molar-refractivity contribution is 7.47. The predicted octanol–water partition coefficient (Wildman–Crippen LogP) is 17.6. The molecule has 0 saturated heterocycles. The highest BCUT2D eigenvalue weighted by Crippen LogP contribution is 2.43. The normalized spacial score (nSPS) is 13.6. The molecule has 0 radical (unpaired) electrons. The smallest absolute Gasteiger partial charge is 0.462 e. The lowest BCUT2D eigenvalue weighted by molar-refractivity contribution is -0.161.